The smallest absolute Gasteiger partial charge is 0.250 e. The van der Waals surface area contributed by atoms with E-state index in [0.717, 1.165) is 13.1 Å². The normalized spacial score (nSPS) is 12.2. The summed E-state index contributed by atoms with van der Waals surface area (Å²) in [6.45, 7) is 3.62. The summed E-state index contributed by atoms with van der Waals surface area (Å²) in [5.74, 6) is -0.0837. The van der Waals surface area contributed by atoms with Crippen LogP contribution in [0, 0.1) is 16.0 Å². The quantitative estimate of drug-likeness (QED) is 0.590. The lowest BCUT2D eigenvalue weighted by Crippen LogP contribution is -2.04. The number of hydrogen-bond acceptors (Lipinski definition) is 3. The molecule has 82 valence electrons. The molecule has 1 aromatic heterocycles. The van der Waals surface area contributed by atoms with Crippen LogP contribution in [0.5, 0.6) is 0 Å². The molecule has 0 radical (unpaired) electrons. The van der Waals surface area contributed by atoms with Crippen molar-refractivity contribution in [3.63, 3.8) is 0 Å². The fourth-order valence-corrected chi connectivity index (χ4v) is 3.05. The van der Waals surface area contributed by atoms with E-state index in [4.69, 9.17) is 0 Å². The van der Waals surface area contributed by atoms with Gasteiger partial charge in [0.15, 0.2) is 0 Å². The Bertz CT molecular complexity index is 393. The Labute approximate surface area is 109 Å². The largest absolute Gasteiger partial charge is 0.259 e. The van der Waals surface area contributed by atoms with Crippen LogP contribution < -0.4 is 0 Å². The van der Waals surface area contributed by atoms with Crippen LogP contribution in [0.1, 0.15) is 18.7 Å². The zero-order chi connectivity index (χ0) is 11.6. The molecular weight excluding hydrogens is 346 g/mol. The zero-order valence-electron chi connectivity index (χ0n) is 8.16. The van der Waals surface area contributed by atoms with E-state index in [9.17, 15) is 10.1 Å². The molecule has 0 saturated heterocycles. The number of halogens is 2. The first-order valence-corrected chi connectivity index (χ1v) is 6.63. The Balaban J connectivity index is 3.07. The van der Waals surface area contributed by atoms with Crippen molar-refractivity contribution in [2.75, 3.05) is 0 Å². The average molecular weight is 355 g/mol. The second kappa shape index (κ2) is 5.23. The second-order valence-corrected chi connectivity index (χ2v) is 6.51. The molecule has 0 unspecified atom stereocenters. The van der Waals surface area contributed by atoms with Gasteiger partial charge >= 0.3 is 0 Å². The first-order chi connectivity index (χ1) is 6.91. The van der Waals surface area contributed by atoms with Crippen LogP contribution in [0.15, 0.2) is 20.0 Å². The van der Waals surface area contributed by atoms with Crippen molar-refractivity contribution in [3.8, 4) is 0 Å². The maximum Gasteiger partial charge on any atom is 0.250 e. The maximum absolute atomic E-state index is 10.8. The van der Waals surface area contributed by atoms with Gasteiger partial charge in [0.2, 0.25) is 5.70 Å². The highest BCUT2D eigenvalue weighted by Gasteiger charge is 2.16. The van der Waals surface area contributed by atoms with E-state index < -0.39 is 0 Å². The lowest BCUT2D eigenvalue weighted by molar-refractivity contribution is -0.431. The Morgan fingerprint density at radius 2 is 2.20 bits per heavy atom. The minimum absolute atomic E-state index is 0.0837. The van der Waals surface area contributed by atoms with E-state index in [1.54, 1.807) is 6.08 Å². The third-order valence-corrected chi connectivity index (χ3v) is 4.96. The Kier molecular flexibility index (Phi) is 4.48. The molecule has 0 aliphatic heterocycles. The molecule has 0 aromatic carbocycles. The number of thiophene rings is 1. The maximum atomic E-state index is 10.8. The fraction of sp³-hybridized carbons (Fsp3) is 0.333. The van der Waals surface area contributed by atoms with Crippen molar-refractivity contribution in [1.82, 2.24) is 0 Å². The molecule has 1 heterocycles. The topological polar surface area (TPSA) is 43.1 Å². The lowest BCUT2D eigenvalue weighted by Gasteiger charge is -1.99. The van der Waals surface area contributed by atoms with E-state index in [-0.39, 0.29) is 16.5 Å². The summed E-state index contributed by atoms with van der Waals surface area (Å²) >= 11 is 8.16. The van der Waals surface area contributed by atoms with E-state index >= 15 is 0 Å². The average Bonchev–Trinajstić information content (AvgIpc) is 2.41. The van der Waals surface area contributed by atoms with Crippen LogP contribution in [0.4, 0.5) is 0 Å². The number of allylic oxidation sites excluding steroid dienone is 1. The fourth-order valence-electron chi connectivity index (χ4n) is 1.01. The van der Waals surface area contributed by atoms with Crippen molar-refractivity contribution in [2.24, 2.45) is 5.92 Å². The summed E-state index contributed by atoms with van der Waals surface area (Å²) in [7, 11) is 0. The molecule has 0 spiro atoms. The van der Waals surface area contributed by atoms with E-state index in [1.807, 2.05) is 19.9 Å². The highest BCUT2D eigenvalue weighted by molar-refractivity contribution is 9.13. The van der Waals surface area contributed by atoms with Gasteiger partial charge in [0, 0.05) is 21.3 Å². The predicted molar refractivity (Wildman–Crippen MR) is 69.5 cm³/mol. The molecule has 1 aromatic rings. The molecule has 0 bridgehead atoms. The summed E-state index contributed by atoms with van der Waals surface area (Å²) < 4.78 is 1.87. The van der Waals surface area contributed by atoms with E-state index in [1.165, 1.54) is 11.3 Å². The number of nitrogens with zero attached hydrogens (tertiary/aromatic N) is 1. The highest BCUT2D eigenvalue weighted by Crippen LogP contribution is 2.34. The summed E-state index contributed by atoms with van der Waals surface area (Å²) in [6, 6.07) is 1.86. The predicted octanol–water partition coefficient (Wildman–Crippen LogP) is 4.55. The SMILES string of the molecule is CC(C)/C(=C\c1cc(Br)c(Br)s1)[N+](=O)[O-]. The van der Waals surface area contributed by atoms with Crippen LogP contribution in [0.3, 0.4) is 0 Å². The van der Waals surface area contributed by atoms with Gasteiger partial charge in [-0.05, 0) is 37.9 Å². The highest BCUT2D eigenvalue weighted by atomic mass is 79.9. The first-order valence-electron chi connectivity index (χ1n) is 4.22. The Hall–Kier alpha value is -0.200. The van der Waals surface area contributed by atoms with Crippen molar-refractivity contribution in [1.29, 1.82) is 0 Å². The molecule has 0 amide bonds. The monoisotopic (exact) mass is 353 g/mol. The van der Waals surface area contributed by atoms with Crippen LogP contribution in [-0.4, -0.2) is 4.92 Å². The van der Waals surface area contributed by atoms with Crippen molar-refractivity contribution >= 4 is 49.3 Å². The third kappa shape index (κ3) is 3.39. The summed E-state index contributed by atoms with van der Waals surface area (Å²) in [5, 5.41) is 10.8. The molecule has 0 N–H and O–H groups in total. The standard InChI is InChI=1S/C9H9Br2NO2S/c1-5(2)8(12(13)14)4-6-3-7(10)9(11)15-6/h3-5H,1-2H3/b8-4+. The van der Waals surface area contributed by atoms with Gasteiger partial charge in [-0.25, -0.2) is 0 Å². The molecule has 0 atom stereocenters. The van der Waals surface area contributed by atoms with Gasteiger partial charge in [-0.1, -0.05) is 13.8 Å². The third-order valence-electron chi connectivity index (χ3n) is 1.76. The van der Waals surface area contributed by atoms with E-state index in [2.05, 4.69) is 31.9 Å². The molecule has 0 fully saturated rings. The summed E-state index contributed by atoms with van der Waals surface area (Å²) in [6.07, 6.45) is 1.62. The molecule has 1 rings (SSSR count). The van der Waals surface area contributed by atoms with Crippen LogP contribution >= 0.6 is 43.2 Å². The van der Waals surface area contributed by atoms with Gasteiger partial charge in [0.05, 0.1) is 8.71 Å². The van der Waals surface area contributed by atoms with Gasteiger partial charge in [-0.3, -0.25) is 10.1 Å². The molecule has 3 nitrogen and oxygen atoms in total. The van der Waals surface area contributed by atoms with Crippen molar-refractivity contribution < 1.29 is 4.92 Å². The van der Waals surface area contributed by atoms with Gasteiger partial charge in [0.25, 0.3) is 0 Å². The van der Waals surface area contributed by atoms with Gasteiger partial charge in [-0.15, -0.1) is 11.3 Å². The van der Waals surface area contributed by atoms with Crippen LogP contribution in [-0.2, 0) is 0 Å². The van der Waals surface area contributed by atoms with Gasteiger partial charge in [0.1, 0.15) is 0 Å². The summed E-state index contributed by atoms with van der Waals surface area (Å²) in [5.41, 5.74) is 0.233. The molecule has 6 heteroatoms. The van der Waals surface area contributed by atoms with Gasteiger partial charge < -0.3 is 0 Å². The van der Waals surface area contributed by atoms with Crippen molar-refractivity contribution in [3.05, 3.63) is 35.0 Å². The second-order valence-electron chi connectivity index (χ2n) is 3.25. The zero-order valence-corrected chi connectivity index (χ0v) is 12.1. The van der Waals surface area contributed by atoms with Crippen LogP contribution in [0.25, 0.3) is 6.08 Å². The number of nitro groups is 1. The molecule has 0 aliphatic carbocycles. The summed E-state index contributed by atoms with van der Waals surface area (Å²) in [4.78, 5) is 11.3. The molecule has 15 heavy (non-hydrogen) atoms. The minimum Gasteiger partial charge on any atom is -0.259 e. The molecule has 0 saturated carbocycles. The molecular formula is C9H9Br2NO2S. The lowest BCUT2D eigenvalue weighted by atomic mass is 10.1. The van der Waals surface area contributed by atoms with E-state index in [0.29, 0.717) is 0 Å². The number of rotatable bonds is 3. The van der Waals surface area contributed by atoms with Crippen molar-refractivity contribution in [2.45, 2.75) is 13.8 Å². The number of hydrogen-bond donors (Lipinski definition) is 0. The van der Waals surface area contributed by atoms with Gasteiger partial charge in [-0.2, -0.15) is 0 Å². The van der Waals surface area contributed by atoms with Crippen LogP contribution in [0.2, 0.25) is 0 Å². The first kappa shape index (κ1) is 12.9. The minimum atomic E-state index is -0.327. The Morgan fingerprint density at radius 3 is 2.53 bits per heavy atom. The molecule has 0 aliphatic rings. The Morgan fingerprint density at radius 1 is 1.60 bits per heavy atom.